The standard InChI is InChI=1S/C20H19N3O5S/c1-12-18(29-20(22-12)14-5-9-16(28-2)10-6-14)19(25)21-11-17(24)13-3-7-15(8-4-13)23(26)27/h3-10,17,24H,11H2,1-2H3,(H,21,25). The van der Waals surface area contributed by atoms with Gasteiger partial charge in [-0.05, 0) is 48.9 Å². The summed E-state index contributed by atoms with van der Waals surface area (Å²) in [6.45, 7) is 1.73. The molecule has 0 radical (unpaired) electrons. The number of carbonyl (C=O) groups is 1. The van der Waals surface area contributed by atoms with E-state index in [9.17, 15) is 20.0 Å². The molecule has 2 N–H and O–H groups in total. The normalized spacial score (nSPS) is 11.7. The Bertz CT molecular complexity index is 1020. The maximum absolute atomic E-state index is 12.5. The lowest BCUT2D eigenvalue weighted by molar-refractivity contribution is -0.384. The number of nitrogens with zero attached hydrogens (tertiary/aromatic N) is 2. The number of rotatable bonds is 7. The fourth-order valence-corrected chi connectivity index (χ4v) is 3.66. The Balaban J connectivity index is 1.65. The number of aliphatic hydroxyl groups excluding tert-OH is 1. The molecule has 9 heteroatoms. The quantitative estimate of drug-likeness (QED) is 0.453. The minimum Gasteiger partial charge on any atom is -0.497 e. The summed E-state index contributed by atoms with van der Waals surface area (Å²) in [5.41, 5.74) is 1.90. The van der Waals surface area contributed by atoms with Gasteiger partial charge in [0.25, 0.3) is 11.6 Å². The molecule has 2 aromatic carbocycles. The van der Waals surface area contributed by atoms with Crippen LogP contribution in [0.2, 0.25) is 0 Å². The number of hydrogen-bond acceptors (Lipinski definition) is 7. The van der Waals surface area contributed by atoms with Crippen LogP contribution in [0.3, 0.4) is 0 Å². The van der Waals surface area contributed by atoms with E-state index >= 15 is 0 Å². The Morgan fingerprint density at radius 2 is 1.90 bits per heavy atom. The largest absolute Gasteiger partial charge is 0.497 e. The van der Waals surface area contributed by atoms with Gasteiger partial charge in [0.15, 0.2) is 0 Å². The van der Waals surface area contributed by atoms with E-state index in [-0.39, 0.29) is 18.1 Å². The third-order valence-electron chi connectivity index (χ3n) is 4.28. The molecule has 1 unspecified atom stereocenters. The summed E-state index contributed by atoms with van der Waals surface area (Å²) in [6.07, 6.45) is -0.978. The van der Waals surface area contributed by atoms with Crippen LogP contribution < -0.4 is 10.1 Å². The van der Waals surface area contributed by atoms with Crippen LogP contribution in [0.25, 0.3) is 10.6 Å². The van der Waals surface area contributed by atoms with Crippen LogP contribution in [0, 0.1) is 17.0 Å². The van der Waals surface area contributed by atoms with Crippen LogP contribution >= 0.6 is 11.3 Å². The van der Waals surface area contributed by atoms with Gasteiger partial charge in [0.05, 0.1) is 23.8 Å². The maximum atomic E-state index is 12.5. The summed E-state index contributed by atoms with van der Waals surface area (Å²) < 4.78 is 5.14. The van der Waals surface area contributed by atoms with Gasteiger partial charge in [-0.2, -0.15) is 0 Å². The van der Waals surface area contributed by atoms with Crippen molar-refractivity contribution in [3.05, 3.63) is 74.8 Å². The number of hydrogen-bond donors (Lipinski definition) is 2. The van der Waals surface area contributed by atoms with Crippen molar-refractivity contribution >= 4 is 22.9 Å². The van der Waals surface area contributed by atoms with E-state index in [1.54, 1.807) is 14.0 Å². The number of non-ortho nitro benzene ring substituents is 1. The first kappa shape index (κ1) is 20.4. The smallest absolute Gasteiger partial charge is 0.269 e. The maximum Gasteiger partial charge on any atom is 0.269 e. The predicted molar refractivity (Wildman–Crippen MR) is 109 cm³/mol. The Labute approximate surface area is 171 Å². The molecule has 1 aromatic heterocycles. The second-order valence-corrected chi connectivity index (χ2v) is 7.24. The number of aryl methyl sites for hydroxylation is 1. The number of thiazole rings is 1. The fourth-order valence-electron chi connectivity index (χ4n) is 2.67. The lowest BCUT2D eigenvalue weighted by Crippen LogP contribution is -2.28. The van der Waals surface area contributed by atoms with Crippen molar-refractivity contribution in [3.63, 3.8) is 0 Å². The topological polar surface area (TPSA) is 115 Å². The molecule has 0 fully saturated rings. The van der Waals surface area contributed by atoms with Crippen molar-refractivity contribution in [1.29, 1.82) is 0 Å². The molecule has 150 valence electrons. The van der Waals surface area contributed by atoms with Crippen molar-refractivity contribution in [1.82, 2.24) is 10.3 Å². The van der Waals surface area contributed by atoms with Gasteiger partial charge in [0.1, 0.15) is 15.6 Å². The predicted octanol–water partition coefficient (Wildman–Crippen LogP) is 3.50. The van der Waals surface area contributed by atoms with Crippen molar-refractivity contribution in [2.45, 2.75) is 13.0 Å². The molecule has 0 aliphatic heterocycles. The number of methoxy groups -OCH3 is 1. The zero-order valence-corrected chi connectivity index (χ0v) is 16.6. The van der Waals surface area contributed by atoms with Crippen molar-refractivity contribution < 1.29 is 19.6 Å². The SMILES string of the molecule is COc1ccc(-c2nc(C)c(C(=O)NCC(O)c3ccc([N+](=O)[O-])cc3)s2)cc1. The monoisotopic (exact) mass is 413 g/mol. The number of nitro benzene ring substituents is 1. The van der Waals surface area contributed by atoms with Crippen LogP contribution in [0.15, 0.2) is 48.5 Å². The average Bonchev–Trinajstić information content (AvgIpc) is 3.13. The number of aromatic nitrogens is 1. The Hall–Kier alpha value is -3.30. The lowest BCUT2D eigenvalue weighted by Gasteiger charge is -2.11. The second kappa shape index (κ2) is 8.80. The summed E-state index contributed by atoms with van der Waals surface area (Å²) in [5.74, 6) is 0.404. The van der Waals surface area contributed by atoms with Crippen molar-refractivity contribution in [2.24, 2.45) is 0 Å². The van der Waals surface area contributed by atoms with Gasteiger partial charge in [-0.15, -0.1) is 11.3 Å². The van der Waals surface area contributed by atoms with Gasteiger partial charge >= 0.3 is 0 Å². The van der Waals surface area contributed by atoms with E-state index < -0.39 is 11.0 Å². The minimum atomic E-state index is -0.978. The fraction of sp³-hybridized carbons (Fsp3) is 0.200. The molecule has 0 saturated carbocycles. The zero-order valence-electron chi connectivity index (χ0n) is 15.8. The molecule has 8 nitrogen and oxygen atoms in total. The first-order valence-corrected chi connectivity index (χ1v) is 9.53. The first-order chi connectivity index (χ1) is 13.9. The van der Waals surface area contributed by atoms with Crippen molar-refractivity contribution in [3.8, 4) is 16.3 Å². The van der Waals surface area contributed by atoms with Gasteiger partial charge in [0.2, 0.25) is 0 Å². The van der Waals surface area contributed by atoms with Crippen molar-refractivity contribution in [2.75, 3.05) is 13.7 Å². The third kappa shape index (κ3) is 4.76. The van der Waals surface area contributed by atoms with Gasteiger partial charge in [-0.3, -0.25) is 14.9 Å². The van der Waals surface area contributed by atoms with E-state index in [2.05, 4.69) is 10.3 Å². The number of nitrogens with one attached hydrogen (secondary N) is 1. The van der Waals surface area contributed by atoms with Crippen LogP contribution in [-0.2, 0) is 0 Å². The molecule has 1 atom stereocenters. The van der Waals surface area contributed by atoms with Gasteiger partial charge < -0.3 is 15.2 Å². The van der Waals surface area contributed by atoms with E-state index in [0.717, 1.165) is 11.3 Å². The number of aliphatic hydroxyl groups is 1. The number of benzene rings is 2. The van der Waals surface area contributed by atoms with Gasteiger partial charge in [-0.1, -0.05) is 0 Å². The van der Waals surface area contributed by atoms with Gasteiger partial charge in [0, 0.05) is 24.2 Å². The Kier molecular flexibility index (Phi) is 6.20. The number of carbonyl (C=O) groups excluding carboxylic acids is 1. The highest BCUT2D eigenvalue weighted by atomic mass is 32.1. The molecule has 0 aliphatic carbocycles. The minimum absolute atomic E-state index is 0.0220. The Morgan fingerprint density at radius 3 is 2.48 bits per heavy atom. The highest BCUT2D eigenvalue weighted by Crippen LogP contribution is 2.29. The van der Waals surface area contributed by atoms with Gasteiger partial charge in [-0.25, -0.2) is 4.98 Å². The third-order valence-corrected chi connectivity index (χ3v) is 5.49. The summed E-state index contributed by atoms with van der Waals surface area (Å²) in [6, 6.07) is 13.0. The van der Waals surface area contributed by atoms with E-state index in [0.29, 0.717) is 21.1 Å². The van der Waals surface area contributed by atoms with Crippen LogP contribution in [0.4, 0.5) is 5.69 Å². The number of ether oxygens (including phenoxy) is 1. The number of amides is 1. The summed E-state index contributed by atoms with van der Waals surface area (Å²) in [5, 5.41) is 24.3. The van der Waals surface area contributed by atoms with E-state index in [4.69, 9.17) is 4.74 Å². The number of nitro groups is 1. The summed E-state index contributed by atoms with van der Waals surface area (Å²) in [7, 11) is 1.59. The molecule has 0 aliphatic rings. The molecule has 1 amide bonds. The molecule has 29 heavy (non-hydrogen) atoms. The van der Waals surface area contributed by atoms with E-state index in [1.807, 2.05) is 24.3 Å². The van der Waals surface area contributed by atoms with Crippen LogP contribution in [-0.4, -0.2) is 34.6 Å². The first-order valence-electron chi connectivity index (χ1n) is 8.71. The average molecular weight is 413 g/mol. The molecule has 3 rings (SSSR count). The van der Waals surface area contributed by atoms with Crippen LogP contribution in [0.5, 0.6) is 5.75 Å². The Morgan fingerprint density at radius 1 is 1.24 bits per heavy atom. The molecule has 0 bridgehead atoms. The molecular weight excluding hydrogens is 394 g/mol. The molecular formula is C20H19N3O5S. The zero-order chi connectivity index (χ0) is 21.0. The molecule has 3 aromatic rings. The molecule has 1 heterocycles. The highest BCUT2D eigenvalue weighted by Gasteiger charge is 2.18. The molecule has 0 saturated heterocycles. The summed E-state index contributed by atoms with van der Waals surface area (Å²) >= 11 is 1.27. The highest BCUT2D eigenvalue weighted by molar-refractivity contribution is 7.17. The lowest BCUT2D eigenvalue weighted by atomic mass is 10.1. The summed E-state index contributed by atoms with van der Waals surface area (Å²) in [4.78, 5) is 27.6. The molecule has 0 spiro atoms. The second-order valence-electron chi connectivity index (χ2n) is 6.24. The van der Waals surface area contributed by atoms with Crippen LogP contribution in [0.1, 0.15) is 27.0 Å². The van der Waals surface area contributed by atoms with E-state index in [1.165, 1.54) is 35.6 Å².